The molecule has 0 amide bonds. The largest absolute Gasteiger partial charge is 0.368 e. The van der Waals surface area contributed by atoms with Crippen LogP contribution in [0.1, 0.15) is 45.0 Å². The average molecular weight is 233 g/mol. The lowest BCUT2D eigenvalue weighted by atomic mass is 10.1. The summed E-state index contributed by atoms with van der Waals surface area (Å²) in [5.41, 5.74) is 1.88. The smallest absolute Gasteiger partial charge is 0.161 e. The molecule has 0 fully saturated rings. The zero-order valence-electron chi connectivity index (χ0n) is 11.5. The number of Topliss-reactive ketones (excluding diaryl/α,β-unsaturated/α-hetero) is 1. The fourth-order valence-electron chi connectivity index (χ4n) is 2.00. The lowest BCUT2D eigenvalue weighted by Crippen LogP contribution is -2.35. The van der Waals surface area contributed by atoms with Crippen molar-refractivity contribution in [1.82, 2.24) is 0 Å². The van der Waals surface area contributed by atoms with Gasteiger partial charge in [0.2, 0.25) is 0 Å². The third-order valence-electron chi connectivity index (χ3n) is 2.78. The van der Waals surface area contributed by atoms with E-state index < -0.39 is 0 Å². The summed E-state index contributed by atoms with van der Waals surface area (Å²) in [6.07, 6.45) is 0. The number of hydrogen-bond donors (Lipinski definition) is 0. The molecule has 0 bridgehead atoms. The van der Waals surface area contributed by atoms with Crippen LogP contribution in [0.5, 0.6) is 0 Å². The van der Waals surface area contributed by atoms with E-state index in [2.05, 4.69) is 32.6 Å². The van der Waals surface area contributed by atoms with Crippen molar-refractivity contribution >= 4 is 11.5 Å². The zero-order valence-corrected chi connectivity index (χ0v) is 11.5. The number of ketones is 1. The third-order valence-corrected chi connectivity index (χ3v) is 2.78. The van der Waals surface area contributed by atoms with E-state index in [1.54, 1.807) is 6.92 Å². The monoisotopic (exact) mass is 233 g/mol. The molecule has 2 nitrogen and oxygen atoms in total. The van der Waals surface area contributed by atoms with Gasteiger partial charge in [0, 0.05) is 23.8 Å². The van der Waals surface area contributed by atoms with Crippen molar-refractivity contribution in [2.75, 3.05) is 11.4 Å². The standard InChI is InChI=1S/C15H23NO/c1-11(2)10-16(12(3)4)15-9-7-6-8-14(15)13(5)17/h6-9,11-12H,10H2,1-5H3. The zero-order chi connectivity index (χ0) is 13.0. The molecule has 0 radical (unpaired) electrons. The molecule has 0 aliphatic rings. The number of carbonyl (C=O) groups excluding carboxylic acids is 1. The second kappa shape index (κ2) is 5.85. The Bertz CT molecular complexity index is 382. The van der Waals surface area contributed by atoms with E-state index in [-0.39, 0.29) is 5.78 Å². The highest BCUT2D eigenvalue weighted by molar-refractivity contribution is 5.99. The molecule has 0 heterocycles. The maximum atomic E-state index is 11.7. The summed E-state index contributed by atoms with van der Waals surface area (Å²) >= 11 is 0. The normalized spacial score (nSPS) is 11.0. The fraction of sp³-hybridized carbons (Fsp3) is 0.533. The van der Waals surface area contributed by atoms with Gasteiger partial charge in [-0.1, -0.05) is 26.0 Å². The van der Waals surface area contributed by atoms with Gasteiger partial charge >= 0.3 is 0 Å². The summed E-state index contributed by atoms with van der Waals surface area (Å²) in [5.74, 6) is 0.715. The first-order valence-corrected chi connectivity index (χ1v) is 6.30. The van der Waals surface area contributed by atoms with Crippen LogP contribution in [0.2, 0.25) is 0 Å². The van der Waals surface area contributed by atoms with Gasteiger partial charge in [-0.05, 0) is 38.8 Å². The van der Waals surface area contributed by atoms with Gasteiger partial charge in [0.25, 0.3) is 0 Å². The Hall–Kier alpha value is -1.31. The van der Waals surface area contributed by atoms with Crippen LogP contribution < -0.4 is 4.90 Å². The molecule has 0 aromatic heterocycles. The number of nitrogens with zero attached hydrogens (tertiary/aromatic N) is 1. The van der Waals surface area contributed by atoms with Gasteiger partial charge in [0.15, 0.2) is 5.78 Å². The van der Waals surface area contributed by atoms with E-state index in [1.165, 1.54) is 0 Å². The molecule has 17 heavy (non-hydrogen) atoms. The maximum Gasteiger partial charge on any atom is 0.161 e. The van der Waals surface area contributed by atoms with Crippen LogP contribution in [0, 0.1) is 5.92 Å². The minimum Gasteiger partial charge on any atom is -0.368 e. The Morgan fingerprint density at radius 3 is 2.24 bits per heavy atom. The van der Waals surface area contributed by atoms with Crippen molar-refractivity contribution in [3.8, 4) is 0 Å². The van der Waals surface area contributed by atoms with E-state index in [0.717, 1.165) is 17.8 Å². The summed E-state index contributed by atoms with van der Waals surface area (Å²) in [6, 6.07) is 8.27. The van der Waals surface area contributed by atoms with Crippen LogP contribution in [0.25, 0.3) is 0 Å². The van der Waals surface area contributed by atoms with Crippen molar-refractivity contribution in [3.05, 3.63) is 29.8 Å². The molecule has 0 saturated carbocycles. The second-order valence-electron chi connectivity index (χ2n) is 5.21. The molecule has 0 saturated heterocycles. The van der Waals surface area contributed by atoms with Gasteiger partial charge in [0.05, 0.1) is 0 Å². The molecule has 0 aliphatic carbocycles. The van der Waals surface area contributed by atoms with E-state index in [4.69, 9.17) is 0 Å². The van der Waals surface area contributed by atoms with E-state index in [0.29, 0.717) is 12.0 Å². The topological polar surface area (TPSA) is 20.3 Å². The van der Waals surface area contributed by atoms with E-state index >= 15 is 0 Å². The molecule has 0 atom stereocenters. The molecule has 0 N–H and O–H groups in total. The van der Waals surface area contributed by atoms with Gasteiger partial charge in [-0.25, -0.2) is 0 Å². The highest BCUT2D eigenvalue weighted by atomic mass is 16.1. The minimum atomic E-state index is 0.134. The number of anilines is 1. The Kier molecular flexibility index (Phi) is 4.73. The Balaban J connectivity index is 3.13. The maximum absolute atomic E-state index is 11.7. The number of para-hydroxylation sites is 1. The number of benzene rings is 1. The van der Waals surface area contributed by atoms with Crippen molar-refractivity contribution in [2.45, 2.75) is 40.7 Å². The van der Waals surface area contributed by atoms with Crippen LogP contribution in [0.3, 0.4) is 0 Å². The number of rotatable bonds is 5. The van der Waals surface area contributed by atoms with Gasteiger partial charge < -0.3 is 4.90 Å². The highest BCUT2D eigenvalue weighted by Gasteiger charge is 2.16. The third kappa shape index (κ3) is 3.58. The lowest BCUT2D eigenvalue weighted by molar-refractivity contribution is 0.101. The van der Waals surface area contributed by atoms with Gasteiger partial charge in [-0.3, -0.25) is 4.79 Å². The van der Waals surface area contributed by atoms with Crippen LogP contribution in [-0.4, -0.2) is 18.4 Å². The predicted octanol–water partition coefficient (Wildman–Crippen LogP) is 3.76. The average Bonchev–Trinajstić information content (AvgIpc) is 2.25. The van der Waals surface area contributed by atoms with Crippen LogP contribution in [0.15, 0.2) is 24.3 Å². The first kappa shape index (κ1) is 13.8. The van der Waals surface area contributed by atoms with Crippen molar-refractivity contribution in [1.29, 1.82) is 0 Å². The predicted molar refractivity (Wildman–Crippen MR) is 73.8 cm³/mol. The molecule has 1 rings (SSSR count). The molecule has 1 aromatic rings. The molecule has 0 unspecified atom stereocenters. The number of hydrogen-bond acceptors (Lipinski definition) is 2. The SMILES string of the molecule is CC(=O)c1ccccc1N(CC(C)C)C(C)C. The summed E-state index contributed by atoms with van der Waals surface area (Å²) in [5, 5.41) is 0. The Morgan fingerprint density at radius 2 is 1.76 bits per heavy atom. The lowest BCUT2D eigenvalue weighted by Gasteiger charge is -2.32. The summed E-state index contributed by atoms with van der Waals surface area (Å²) in [4.78, 5) is 14.0. The van der Waals surface area contributed by atoms with Crippen LogP contribution >= 0.6 is 0 Å². The Morgan fingerprint density at radius 1 is 1.18 bits per heavy atom. The van der Waals surface area contributed by atoms with Crippen molar-refractivity contribution < 1.29 is 4.79 Å². The van der Waals surface area contributed by atoms with E-state index in [1.807, 2.05) is 24.3 Å². The molecular formula is C15H23NO. The highest BCUT2D eigenvalue weighted by Crippen LogP contribution is 2.24. The quantitative estimate of drug-likeness (QED) is 0.722. The van der Waals surface area contributed by atoms with Crippen LogP contribution in [0.4, 0.5) is 5.69 Å². The van der Waals surface area contributed by atoms with Crippen molar-refractivity contribution in [3.63, 3.8) is 0 Å². The molecule has 0 aliphatic heterocycles. The van der Waals surface area contributed by atoms with Gasteiger partial charge in [-0.2, -0.15) is 0 Å². The number of carbonyl (C=O) groups is 1. The Labute approximate surface area is 105 Å². The summed E-state index contributed by atoms with van der Waals surface area (Å²) in [7, 11) is 0. The first-order valence-electron chi connectivity index (χ1n) is 6.30. The van der Waals surface area contributed by atoms with Crippen molar-refractivity contribution in [2.24, 2.45) is 5.92 Å². The van der Waals surface area contributed by atoms with E-state index in [9.17, 15) is 4.79 Å². The molecule has 2 heteroatoms. The van der Waals surface area contributed by atoms with Gasteiger partial charge in [-0.15, -0.1) is 0 Å². The summed E-state index contributed by atoms with van der Waals surface area (Å²) in [6.45, 7) is 11.3. The fourth-order valence-corrected chi connectivity index (χ4v) is 2.00. The minimum absolute atomic E-state index is 0.134. The van der Waals surface area contributed by atoms with Gasteiger partial charge in [0.1, 0.15) is 0 Å². The van der Waals surface area contributed by atoms with Crippen LogP contribution in [-0.2, 0) is 0 Å². The molecule has 0 spiro atoms. The summed E-state index contributed by atoms with van der Waals surface area (Å²) < 4.78 is 0. The first-order chi connectivity index (χ1) is 7.93. The second-order valence-corrected chi connectivity index (χ2v) is 5.21. The molecular weight excluding hydrogens is 210 g/mol. The molecule has 1 aromatic carbocycles. The molecule has 94 valence electrons.